The van der Waals surface area contributed by atoms with Crippen molar-refractivity contribution in [1.29, 1.82) is 0 Å². The second kappa shape index (κ2) is 5.74. The zero-order valence-electron chi connectivity index (χ0n) is 11.7. The van der Waals surface area contributed by atoms with Crippen LogP contribution in [0, 0.1) is 18.3 Å². The van der Waals surface area contributed by atoms with Gasteiger partial charge in [-0.15, -0.1) is 0 Å². The van der Waals surface area contributed by atoms with E-state index in [1.807, 2.05) is 6.92 Å². The first-order valence-corrected chi connectivity index (χ1v) is 6.95. The first-order valence-electron chi connectivity index (χ1n) is 6.95. The van der Waals surface area contributed by atoms with Gasteiger partial charge < -0.3 is 15.5 Å². The van der Waals surface area contributed by atoms with Gasteiger partial charge in [-0.05, 0) is 38.5 Å². The molecule has 2 rings (SSSR count). The Bertz CT molecular complexity index is 434. The van der Waals surface area contributed by atoms with Crippen LogP contribution >= 0.6 is 0 Å². The molecule has 1 aliphatic carbocycles. The summed E-state index contributed by atoms with van der Waals surface area (Å²) in [7, 11) is 0. The summed E-state index contributed by atoms with van der Waals surface area (Å²) in [5, 5.41) is 2.91. The molecule has 0 unspecified atom stereocenters. The van der Waals surface area contributed by atoms with E-state index in [1.165, 1.54) is 0 Å². The molecule has 1 fully saturated rings. The van der Waals surface area contributed by atoms with Crippen LogP contribution in [0.3, 0.4) is 0 Å². The lowest BCUT2D eigenvalue weighted by Gasteiger charge is -2.37. The highest BCUT2D eigenvalue weighted by atomic mass is 16.4. The normalized spacial score (nSPS) is 27.2. The van der Waals surface area contributed by atoms with Gasteiger partial charge in [-0.25, -0.2) is 4.98 Å². The van der Waals surface area contributed by atoms with Crippen LogP contribution in [0.2, 0.25) is 0 Å². The Kier molecular flexibility index (Phi) is 4.24. The van der Waals surface area contributed by atoms with Gasteiger partial charge in [0.25, 0.3) is 0 Å². The average Bonchev–Trinajstić information content (AvgIpc) is 2.83. The van der Waals surface area contributed by atoms with E-state index in [4.69, 9.17) is 10.2 Å². The third-order valence-corrected chi connectivity index (χ3v) is 4.17. The predicted molar refractivity (Wildman–Crippen MR) is 72.2 cm³/mol. The van der Waals surface area contributed by atoms with Crippen molar-refractivity contribution in [1.82, 2.24) is 10.3 Å². The number of carbonyl (C=O) groups excluding carboxylic acids is 1. The SMILES string of the molecule is Cc1cnc(CNC(=O)C2(CN)CCC(C)CC2)o1. The Morgan fingerprint density at radius 3 is 2.79 bits per heavy atom. The van der Waals surface area contributed by atoms with E-state index in [1.54, 1.807) is 6.20 Å². The minimum absolute atomic E-state index is 0.0396. The monoisotopic (exact) mass is 265 g/mol. The molecular formula is C14H23N3O2. The van der Waals surface area contributed by atoms with Crippen LogP contribution in [0.15, 0.2) is 10.6 Å². The second-order valence-corrected chi connectivity index (χ2v) is 5.71. The van der Waals surface area contributed by atoms with Gasteiger partial charge in [-0.3, -0.25) is 4.79 Å². The van der Waals surface area contributed by atoms with Crippen LogP contribution in [0.25, 0.3) is 0 Å². The van der Waals surface area contributed by atoms with Crippen molar-refractivity contribution in [2.75, 3.05) is 6.54 Å². The number of amides is 1. The molecule has 1 saturated carbocycles. The number of oxazole rings is 1. The Morgan fingerprint density at radius 2 is 2.26 bits per heavy atom. The van der Waals surface area contributed by atoms with Crippen LogP contribution in [-0.4, -0.2) is 17.4 Å². The van der Waals surface area contributed by atoms with E-state index in [0.29, 0.717) is 24.9 Å². The lowest BCUT2D eigenvalue weighted by molar-refractivity contribution is -0.133. The van der Waals surface area contributed by atoms with E-state index in [9.17, 15) is 4.79 Å². The van der Waals surface area contributed by atoms with Gasteiger partial charge in [0.2, 0.25) is 11.8 Å². The number of hydrogen-bond acceptors (Lipinski definition) is 4. The highest BCUT2D eigenvalue weighted by Gasteiger charge is 2.39. The fraction of sp³-hybridized carbons (Fsp3) is 0.714. The third kappa shape index (κ3) is 3.15. The first-order chi connectivity index (χ1) is 9.05. The molecule has 0 saturated heterocycles. The summed E-state index contributed by atoms with van der Waals surface area (Å²) in [6.07, 6.45) is 5.55. The minimum atomic E-state index is -0.395. The third-order valence-electron chi connectivity index (χ3n) is 4.17. The predicted octanol–water partition coefficient (Wildman–Crippen LogP) is 1.75. The van der Waals surface area contributed by atoms with E-state index >= 15 is 0 Å². The zero-order chi connectivity index (χ0) is 13.9. The number of rotatable bonds is 4. The van der Waals surface area contributed by atoms with Crippen LogP contribution in [0.4, 0.5) is 0 Å². The van der Waals surface area contributed by atoms with Gasteiger partial charge in [0, 0.05) is 6.54 Å². The minimum Gasteiger partial charge on any atom is -0.444 e. The van der Waals surface area contributed by atoms with E-state index < -0.39 is 5.41 Å². The standard InChI is InChI=1S/C14H23N3O2/c1-10-3-5-14(9-15,6-4-10)13(18)17-8-12-16-7-11(2)19-12/h7,10H,3-6,8-9,15H2,1-2H3,(H,17,18). The lowest BCUT2D eigenvalue weighted by atomic mass is 9.70. The summed E-state index contributed by atoms with van der Waals surface area (Å²) in [6.45, 7) is 4.82. The molecular weight excluding hydrogens is 242 g/mol. The van der Waals surface area contributed by atoms with Crippen molar-refractivity contribution >= 4 is 5.91 Å². The molecule has 106 valence electrons. The van der Waals surface area contributed by atoms with Crippen molar-refractivity contribution in [3.8, 4) is 0 Å². The summed E-state index contributed by atoms with van der Waals surface area (Å²) in [5.41, 5.74) is 5.46. The number of nitrogens with one attached hydrogen (secondary N) is 1. The van der Waals surface area contributed by atoms with E-state index in [2.05, 4.69) is 17.2 Å². The number of nitrogens with zero attached hydrogens (tertiary/aromatic N) is 1. The molecule has 19 heavy (non-hydrogen) atoms. The van der Waals surface area contributed by atoms with Gasteiger partial charge in [-0.1, -0.05) is 6.92 Å². The molecule has 1 aliphatic rings. The van der Waals surface area contributed by atoms with Crippen molar-refractivity contribution in [3.05, 3.63) is 17.8 Å². The van der Waals surface area contributed by atoms with Gasteiger partial charge in [0.1, 0.15) is 5.76 Å². The van der Waals surface area contributed by atoms with Gasteiger partial charge >= 0.3 is 0 Å². The quantitative estimate of drug-likeness (QED) is 0.869. The maximum absolute atomic E-state index is 12.4. The summed E-state index contributed by atoms with van der Waals surface area (Å²) in [4.78, 5) is 16.5. The number of carbonyl (C=O) groups is 1. The molecule has 0 aromatic carbocycles. The smallest absolute Gasteiger partial charge is 0.227 e. The number of hydrogen-bond donors (Lipinski definition) is 2. The Labute approximate surface area is 114 Å². The maximum atomic E-state index is 12.4. The number of aromatic nitrogens is 1. The highest BCUT2D eigenvalue weighted by molar-refractivity contribution is 5.82. The lowest BCUT2D eigenvalue weighted by Crippen LogP contribution is -2.47. The van der Waals surface area contributed by atoms with Crippen molar-refractivity contribution in [2.45, 2.75) is 46.1 Å². The molecule has 5 nitrogen and oxygen atoms in total. The largest absolute Gasteiger partial charge is 0.444 e. The van der Waals surface area contributed by atoms with Crippen molar-refractivity contribution in [2.24, 2.45) is 17.1 Å². The van der Waals surface area contributed by atoms with Gasteiger partial charge in [0.15, 0.2) is 0 Å². The van der Waals surface area contributed by atoms with Gasteiger partial charge in [-0.2, -0.15) is 0 Å². The Morgan fingerprint density at radius 1 is 1.58 bits per heavy atom. The van der Waals surface area contributed by atoms with Crippen LogP contribution in [-0.2, 0) is 11.3 Å². The molecule has 3 N–H and O–H groups in total. The van der Waals surface area contributed by atoms with Crippen molar-refractivity contribution < 1.29 is 9.21 Å². The zero-order valence-corrected chi connectivity index (χ0v) is 11.7. The van der Waals surface area contributed by atoms with Crippen LogP contribution in [0.1, 0.15) is 44.3 Å². The number of aryl methyl sites for hydroxylation is 1. The molecule has 5 heteroatoms. The summed E-state index contributed by atoms with van der Waals surface area (Å²) in [5.74, 6) is 2.03. The molecule has 0 aliphatic heterocycles. The molecule has 0 atom stereocenters. The molecule has 1 heterocycles. The first kappa shape index (κ1) is 14.1. The molecule has 0 spiro atoms. The Hall–Kier alpha value is -1.36. The summed E-state index contributed by atoms with van der Waals surface area (Å²) >= 11 is 0. The van der Waals surface area contributed by atoms with Gasteiger partial charge in [0.05, 0.1) is 18.2 Å². The highest BCUT2D eigenvalue weighted by Crippen LogP contribution is 2.38. The molecule has 1 aromatic heterocycles. The summed E-state index contributed by atoms with van der Waals surface area (Å²) < 4.78 is 5.35. The Balaban J connectivity index is 1.93. The van der Waals surface area contributed by atoms with E-state index in [-0.39, 0.29) is 5.91 Å². The molecule has 1 amide bonds. The molecule has 0 bridgehead atoms. The van der Waals surface area contributed by atoms with E-state index in [0.717, 1.165) is 31.4 Å². The maximum Gasteiger partial charge on any atom is 0.227 e. The summed E-state index contributed by atoms with van der Waals surface area (Å²) in [6, 6.07) is 0. The second-order valence-electron chi connectivity index (χ2n) is 5.71. The number of nitrogens with two attached hydrogens (primary N) is 1. The average molecular weight is 265 g/mol. The fourth-order valence-electron chi connectivity index (χ4n) is 2.67. The topological polar surface area (TPSA) is 81.2 Å². The van der Waals surface area contributed by atoms with Crippen molar-refractivity contribution in [3.63, 3.8) is 0 Å². The van der Waals surface area contributed by atoms with Crippen LogP contribution < -0.4 is 11.1 Å². The van der Waals surface area contributed by atoms with Crippen LogP contribution in [0.5, 0.6) is 0 Å². The molecule has 1 aromatic rings. The fourth-order valence-corrected chi connectivity index (χ4v) is 2.67. The molecule has 0 radical (unpaired) electrons.